The Bertz CT molecular complexity index is 366. The van der Waals surface area contributed by atoms with Crippen LogP contribution in [-0.4, -0.2) is 12.5 Å². The average Bonchev–Trinajstić information content (AvgIpc) is 2.24. The van der Waals surface area contributed by atoms with E-state index in [0.29, 0.717) is 12.1 Å². The van der Waals surface area contributed by atoms with Crippen molar-refractivity contribution in [1.82, 2.24) is 5.32 Å². The molecule has 4 heteroatoms. The zero-order valence-corrected chi connectivity index (χ0v) is 9.42. The van der Waals surface area contributed by atoms with Gasteiger partial charge in [-0.25, -0.2) is 4.39 Å². The number of amides is 1. The van der Waals surface area contributed by atoms with E-state index < -0.39 is 5.82 Å². The number of nitrogens with two attached hydrogens (primary N) is 1. The maximum absolute atomic E-state index is 12.8. The van der Waals surface area contributed by atoms with E-state index in [4.69, 9.17) is 5.73 Å². The van der Waals surface area contributed by atoms with Crippen LogP contribution in [-0.2, 0) is 0 Å². The van der Waals surface area contributed by atoms with E-state index in [1.165, 1.54) is 12.1 Å². The van der Waals surface area contributed by atoms with Crippen molar-refractivity contribution in [3.8, 4) is 0 Å². The Labute approximate surface area is 94.8 Å². The van der Waals surface area contributed by atoms with Crippen LogP contribution in [0.25, 0.3) is 0 Å². The lowest BCUT2D eigenvalue weighted by atomic mass is 10.1. The van der Waals surface area contributed by atoms with Crippen LogP contribution in [0, 0.1) is 5.82 Å². The van der Waals surface area contributed by atoms with Crippen molar-refractivity contribution >= 4 is 11.6 Å². The molecule has 1 aromatic carbocycles. The number of hydrogen-bond acceptors (Lipinski definition) is 2. The highest BCUT2D eigenvalue weighted by Gasteiger charge is 2.09. The number of benzene rings is 1. The lowest BCUT2D eigenvalue weighted by molar-refractivity contribution is 0.0954. The molecule has 0 atom stereocenters. The lowest BCUT2D eigenvalue weighted by Gasteiger charge is -2.07. The number of unbranched alkanes of at least 4 members (excludes halogenated alkanes) is 2. The summed E-state index contributed by atoms with van der Waals surface area (Å²) < 4.78 is 12.8. The first-order valence-electron chi connectivity index (χ1n) is 5.48. The molecule has 0 unspecified atom stereocenters. The van der Waals surface area contributed by atoms with E-state index in [1.54, 1.807) is 0 Å². The lowest BCUT2D eigenvalue weighted by Crippen LogP contribution is -2.25. The summed E-state index contributed by atoms with van der Waals surface area (Å²) in [4.78, 5) is 11.6. The summed E-state index contributed by atoms with van der Waals surface area (Å²) >= 11 is 0. The summed E-state index contributed by atoms with van der Waals surface area (Å²) in [5, 5.41) is 2.75. The smallest absolute Gasteiger partial charge is 0.253 e. The van der Waals surface area contributed by atoms with Crippen LogP contribution < -0.4 is 11.1 Å². The fourth-order valence-corrected chi connectivity index (χ4v) is 1.41. The fourth-order valence-electron chi connectivity index (χ4n) is 1.41. The zero-order chi connectivity index (χ0) is 12.0. The van der Waals surface area contributed by atoms with Crippen molar-refractivity contribution in [2.24, 2.45) is 0 Å². The fraction of sp³-hybridized carbons (Fsp3) is 0.417. The van der Waals surface area contributed by atoms with Gasteiger partial charge in [-0.05, 0) is 24.6 Å². The Balaban J connectivity index is 2.53. The summed E-state index contributed by atoms with van der Waals surface area (Å²) in [5.41, 5.74) is 6.06. The second-order valence-electron chi connectivity index (χ2n) is 3.69. The highest BCUT2D eigenvalue weighted by Crippen LogP contribution is 2.13. The Kier molecular flexibility index (Phi) is 4.76. The predicted molar refractivity (Wildman–Crippen MR) is 62.7 cm³/mol. The third-order valence-corrected chi connectivity index (χ3v) is 2.32. The Hall–Kier alpha value is -1.58. The van der Waals surface area contributed by atoms with Crippen LogP contribution in [0.3, 0.4) is 0 Å². The minimum absolute atomic E-state index is 0.174. The predicted octanol–water partition coefficient (Wildman–Crippen LogP) is 2.33. The van der Waals surface area contributed by atoms with Gasteiger partial charge in [0.15, 0.2) is 0 Å². The maximum Gasteiger partial charge on any atom is 0.253 e. The monoisotopic (exact) mass is 224 g/mol. The number of carbonyl (C=O) groups is 1. The highest BCUT2D eigenvalue weighted by atomic mass is 19.1. The zero-order valence-electron chi connectivity index (χ0n) is 9.42. The van der Waals surface area contributed by atoms with E-state index >= 15 is 0 Å². The van der Waals surface area contributed by atoms with Gasteiger partial charge in [-0.15, -0.1) is 0 Å². The second-order valence-corrected chi connectivity index (χ2v) is 3.69. The molecular formula is C12H17FN2O. The SMILES string of the molecule is CCCCCNC(=O)c1ccc(F)cc1N. The van der Waals surface area contributed by atoms with Gasteiger partial charge in [0.2, 0.25) is 0 Å². The van der Waals surface area contributed by atoms with Crippen LogP contribution >= 0.6 is 0 Å². The van der Waals surface area contributed by atoms with Gasteiger partial charge in [-0.2, -0.15) is 0 Å². The molecule has 3 N–H and O–H groups in total. The molecule has 0 saturated carbocycles. The quantitative estimate of drug-likeness (QED) is 0.595. The van der Waals surface area contributed by atoms with E-state index in [-0.39, 0.29) is 11.6 Å². The molecule has 0 radical (unpaired) electrons. The van der Waals surface area contributed by atoms with Gasteiger partial charge in [0, 0.05) is 12.2 Å². The maximum atomic E-state index is 12.8. The first-order chi connectivity index (χ1) is 7.65. The summed E-state index contributed by atoms with van der Waals surface area (Å²) in [7, 11) is 0. The third kappa shape index (κ3) is 3.53. The van der Waals surface area contributed by atoms with Gasteiger partial charge in [0.1, 0.15) is 5.82 Å². The topological polar surface area (TPSA) is 55.1 Å². The number of nitrogen functional groups attached to an aromatic ring is 1. The number of nitrogens with one attached hydrogen (secondary N) is 1. The molecule has 0 fully saturated rings. The van der Waals surface area contributed by atoms with Gasteiger partial charge in [-0.1, -0.05) is 19.8 Å². The van der Waals surface area contributed by atoms with Gasteiger partial charge < -0.3 is 11.1 Å². The minimum atomic E-state index is -0.431. The summed E-state index contributed by atoms with van der Waals surface area (Å²) in [6, 6.07) is 3.79. The number of halogens is 1. The molecule has 1 amide bonds. The Morgan fingerprint density at radius 3 is 2.81 bits per heavy atom. The first-order valence-corrected chi connectivity index (χ1v) is 5.48. The molecule has 0 aliphatic carbocycles. The molecule has 1 rings (SSSR count). The molecule has 1 aromatic rings. The average molecular weight is 224 g/mol. The largest absolute Gasteiger partial charge is 0.398 e. The minimum Gasteiger partial charge on any atom is -0.398 e. The van der Waals surface area contributed by atoms with Crippen LogP contribution in [0.1, 0.15) is 36.5 Å². The molecule has 3 nitrogen and oxygen atoms in total. The van der Waals surface area contributed by atoms with Crippen molar-refractivity contribution in [2.75, 3.05) is 12.3 Å². The molecular weight excluding hydrogens is 207 g/mol. The van der Waals surface area contributed by atoms with Crippen LogP contribution in [0.5, 0.6) is 0 Å². The van der Waals surface area contributed by atoms with Crippen molar-refractivity contribution in [3.05, 3.63) is 29.6 Å². The summed E-state index contributed by atoms with van der Waals surface area (Å²) in [6.45, 7) is 2.73. The van der Waals surface area contributed by atoms with Gasteiger partial charge >= 0.3 is 0 Å². The number of rotatable bonds is 5. The Morgan fingerprint density at radius 2 is 2.19 bits per heavy atom. The van der Waals surface area contributed by atoms with Crippen molar-refractivity contribution < 1.29 is 9.18 Å². The molecule has 0 bridgehead atoms. The number of hydrogen-bond donors (Lipinski definition) is 2. The molecule has 16 heavy (non-hydrogen) atoms. The van der Waals surface area contributed by atoms with E-state index in [0.717, 1.165) is 25.3 Å². The van der Waals surface area contributed by atoms with Gasteiger partial charge in [-0.3, -0.25) is 4.79 Å². The van der Waals surface area contributed by atoms with E-state index in [1.807, 2.05) is 0 Å². The molecule has 0 saturated heterocycles. The Morgan fingerprint density at radius 1 is 1.44 bits per heavy atom. The summed E-state index contributed by atoms with van der Waals surface area (Å²) in [6.07, 6.45) is 3.14. The molecule has 0 heterocycles. The van der Waals surface area contributed by atoms with Gasteiger partial charge in [0.05, 0.1) is 5.56 Å². The molecule has 88 valence electrons. The van der Waals surface area contributed by atoms with Crippen LogP contribution in [0.2, 0.25) is 0 Å². The second kappa shape index (κ2) is 6.10. The van der Waals surface area contributed by atoms with E-state index in [9.17, 15) is 9.18 Å². The highest BCUT2D eigenvalue weighted by molar-refractivity contribution is 5.99. The standard InChI is InChI=1S/C12H17FN2O/c1-2-3-4-7-15-12(16)10-6-5-9(13)8-11(10)14/h5-6,8H,2-4,7,14H2,1H3,(H,15,16). The van der Waals surface area contributed by atoms with Crippen LogP contribution in [0.15, 0.2) is 18.2 Å². The summed E-state index contributed by atoms with van der Waals surface area (Å²) in [5.74, 6) is -0.673. The molecule has 0 aromatic heterocycles. The normalized spacial score (nSPS) is 10.1. The molecule has 0 aliphatic heterocycles. The molecule has 0 spiro atoms. The van der Waals surface area contributed by atoms with Crippen molar-refractivity contribution in [3.63, 3.8) is 0 Å². The van der Waals surface area contributed by atoms with Crippen molar-refractivity contribution in [2.45, 2.75) is 26.2 Å². The van der Waals surface area contributed by atoms with Crippen LogP contribution in [0.4, 0.5) is 10.1 Å². The first kappa shape index (κ1) is 12.5. The van der Waals surface area contributed by atoms with E-state index in [2.05, 4.69) is 12.2 Å². The third-order valence-electron chi connectivity index (χ3n) is 2.32. The van der Waals surface area contributed by atoms with Crippen molar-refractivity contribution in [1.29, 1.82) is 0 Å². The number of carbonyl (C=O) groups excluding carboxylic acids is 1. The number of anilines is 1. The van der Waals surface area contributed by atoms with Gasteiger partial charge in [0.25, 0.3) is 5.91 Å². The molecule has 0 aliphatic rings.